The molecule has 1 aromatic rings. The van der Waals surface area contributed by atoms with Crippen molar-refractivity contribution in [2.45, 2.75) is 24.7 Å². The number of nitrogens with two attached hydrogens (primary N) is 1. The summed E-state index contributed by atoms with van der Waals surface area (Å²) in [6.45, 7) is 0.773. The molecule has 2 N–H and O–H groups in total. The van der Waals surface area contributed by atoms with E-state index in [0.717, 1.165) is 6.54 Å². The average molecular weight is 240 g/mol. The Morgan fingerprint density at radius 2 is 2.00 bits per heavy atom. The van der Waals surface area contributed by atoms with E-state index >= 15 is 0 Å². The van der Waals surface area contributed by atoms with Crippen LogP contribution in [-0.2, 0) is 5.41 Å². The van der Waals surface area contributed by atoms with Gasteiger partial charge in [0.15, 0.2) is 0 Å². The third-order valence-corrected chi connectivity index (χ3v) is 3.84. The Hall–Kier alpha value is -0.340. The maximum Gasteiger partial charge on any atom is 0.0213 e. The Bertz CT molecular complexity index is 299. The first kappa shape index (κ1) is 9.22. The van der Waals surface area contributed by atoms with Crippen molar-refractivity contribution < 1.29 is 0 Å². The molecule has 0 bridgehead atoms. The molecule has 1 aliphatic carbocycles. The summed E-state index contributed by atoms with van der Waals surface area (Å²) in [6, 6.07) is 8.44. The van der Waals surface area contributed by atoms with E-state index in [1.165, 1.54) is 29.3 Å². The third kappa shape index (κ3) is 1.42. The fourth-order valence-corrected chi connectivity index (χ4v) is 2.78. The van der Waals surface area contributed by atoms with Gasteiger partial charge in [0.25, 0.3) is 0 Å². The van der Waals surface area contributed by atoms with Crippen molar-refractivity contribution in [3.8, 4) is 0 Å². The molecule has 2 rings (SSSR count). The molecule has 1 aromatic carbocycles. The van der Waals surface area contributed by atoms with Crippen molar-refractivity contribution in [2.24, 2.45) is 5.73 Å². The topological polar surface area (TPSA) is 26.0 Å². The highest BCUT2D eigenvalue weighted by Crippen LogP contribution is 2.45. The Morgan fingerprint density at radius 1 is 1.31 bits per heavy atom. The second kappa shape index (κ2) is 3.43. The van der Waals surface area contributed by atoms with Crippen molar-refractivity contribution >= 4 is 15.9 Å². The van der Waals surface area contributed by atoms with Gasteiger partial charge >= 0.3 is 0 Å². The molecule has 0 amide bonds. The van der Waals surface area contributed by atoms with Crippen LogP contribution in [-0.4, -0.2) is 6.54 Å². The summed E-state index contributed by atoms with van der Waals surface area (Å²) in [4.78, 5) is 0. The predicted molar refractivity (Wildman–Crippen MR) is 58.7 cm³/mol. The number of rotatable bonds is 2. The van der Waals surface area contributed by atoms with E-state index in [2.05, 4.69) is 40.2 Å². The van der Waals surface area contributed by atoms with Crippen LogP contribution in [0, 0.1) is 0 Å². The molecule has 0 aromatic heterocycles. The first-order chi connectivity index (χ1) is 6.28. The molecule has 1 fully saturated rings. The fourth-order valence-electron chi connectivity index (χ4n) is 2.08. The van der Waals surface area contributed by atoms with Gasteiger partial charge in [0.2, 0.25) is 0 Å². The molecular formula is C11H14BrN. The second-order valence-electron chi connectivity index (χ2n) is 3.82. The predicted octanol–water partition coefficient (Wildman–Crippen LogP) is 2.83. The lowest BCUT2D eigenvalue weighted by atomic mass is 9.64. The van der Waals surface area contributed by atoms with Crippen LogP contribution in [0.1, 0.15) is 24.8 Å². The Labute approximate surface area is 87.5 Å². The summed E-state index contributed by atoms with van der Waals surface area (Å²) >= 11 is 3.59. The van der Waals surface area contributed by atoms with Crippen LogP contribution in [0.25, 0.3) is 0 Å². The van der Waals surface area contributed by atoms with E-state index in [-0.39, 0.29) is 5.41 Å². The minimum atomic E-state index is 0.278. The molecular weight excluding hydrogens is 226 g/mol. The average Bonchev–Trinajstić information content (AvgIpc) is 2.07. The fraction of sp³-hybridized carbons (Fsp3) is 0.455. The standard InChI is InChI=1S/C11H14BrN/c12-10-5-2-1-4-9(10)11(8-13)6-3-7-11/h1-2,4-5H,3,6-8,13H2. The molecule has 0 radical (unpaired) electrons. The third-order valence-electron chi connectivity index (χ3n) is 3.15. The summed E-state index contributed by atoms with van der Waals surface area (Å²) in [7, 11) is 0. The second-order valence-corrected chi connectivity index (χ2v) is 4.67. The quantitative estimate of drug-likeness (QED) is 0.845. The van der Waals surface area contributed by atoms with Gasteiger partial charge in [-0.2, -0.15) is 0 Å². The van der Waals surface area contributed by atoms with Gasteiger partial charge in [-0.05, 0) is 24.5 Å². The van der Waals surface area contributed by atoms with Crippen molar-refractivity contribution in [3.63, 3.8) is 0 Å². The normalized spacial score (nSPS) is 19.5. The van der Waals surface area contributed by atoms with Gasteiger partial charge in [0.1, 0.15) is 0 Å². The number of hydrogen-bond donors (Lipinski definition) is 1. The summed E-state index contributed by atoms with van der Waals surface area (Å²) in [6.07, 6.45) is 3.80. The van der Waals surface area contributed by atoms with Gasteiger partial charge in [-0.25, -0.2) is 0 Å². The maximum atomic E-state index is 5.85. The first-order valence-corrected chi connectivity index (χ1v) is 5.53. The van der Waals surface area contributed by atoms with Crippen LogP contribution < -0.4 is 5.73 Å². The van der Waals surface area contributed by atoms with Crippen LogP contribution in [0.3, 0.4) is 0 Å². The summed E-state index contributed by atoms with van der Waals surface area (Å²) in [5, 5.41) is 0. The largest absolute Gasteiger partial charge is 0.330 e. The van der Waals surface area contributed by atoms with Gasteiger partial charge in [-0.15, -0.1) is 0 Å². The Morgan fingerprint density at radius 3 is 2.46 bits per heavy atom. The Kier molecular flexibility index (Phi) is 2.43. The van der Waals surface area contributed by atoms with Crippen molar-refractivity contribution in [1.82, 2.24) is 0 Å². The number of hydrogen-bond acceptors (Lipinski definition) is 1. The number of benzene rings is 1. The van der Waals surface area contributed by atoms with Gasteiger partial charge in [-0.1, -0.05) is 40.5 Å². The molecule has 1 nitrogen and oxygen atoms in total. The van der Waals surface area contributed by atoms with Crippen LogP contribution >= 0.6 is 15.9 Å². The molecule has 0 aliphatic heterocycles. The lowest BCUT2D eigenvalue weighted by Crippen LogP contribution is -2.41. The van der Waals surface area contributed by atoms with Crippen LogP contribution in [0.15, 0.2) is 28.7 Å². The lowest BCUT2D eigenvalue weighted by Gasteiger charge is -2.42. The summed E-state index contributed by atoms with van der Waals surface area (Å²) in [5.74, 6) is 0. The molecule has 0 spiro atoms. The van der Waals surface area contributed by atoms with E-state index in [1.807, 2.05) is 0 Å². The summed E-state index contributed by atoms with van der Waals surface area (Å²) < 4.78 is 1.21. The first-order valence-electron chi connectivity index (χ1n) is 4.74. The summed E-state index contributed by atoms with van der Waals surface area (Å²) in [5.41, 5.74) is 7.52. The maximum absolute atomic E-state index is 5.85. The Balaban J connectivity index is 2.38. The molecule has 0 atom stereocenters. The molecule has 2 heteroatoms. The molecule has 0 unspecified atom stereocenters. The van der Waals surface area contributed by atoms with Crippen LogP contribution in [0.4, 0.5) is 0 Å². The smallest absolute Gasteiger partial charge is 0.0213 e. The number of halogens is 1. The molecule has 1 aliphatic rings. The van der Waals surface area contributed by atoms with E-state index in [1.54, 1.807) is 0 Å². The highest BCUT2D eigenvalue weighted by atomic mass is 79.9. The van der Waals surface area contributed by atoms with E-state index in [9.17, 15) is 0 Å². The van der Waals surface area contributed by atoms with Gasteiger partial charge in [0, 0.05) is 16.4 Å². The highest BCUT2D eigenvalue weighted by Gasteiger charge is 2.38. The molecule has 0 saturated heterocycles. The molecule has 70 valence electrons. The minimum absolute atomic E-state index is 0.278. The van der Waals surface area contributed by atoms with E-state index < -0.39 is 0 Å². The molecule has 1 saturated carbocycles. The minimum Gasteiger partial charge on any atom is -0.330 e. The molecule has 13 heavy (non-hydrogen) atoms. The van der Waals surface area contributed by atoms with E-state index in [0.29, 0.717) is 0 Å². The zero-order valence-electron chi connectivity index (χ0n) is 7.59. The van der Waals surface area contributed by atoms with Gasteiger partial charge in [0.05, 0.1) is 0 Å². The van der Waals surface area contributed by atoms with Crippen molar-refractivity contribution in [2.75, 3.05) is 6.54 Å². The zero-order chi connectivity index (χ0) is 9.31. The van der Waals surface area contributed by atoms with Crippen LogP contribution in [0.2, 0.25) is 0 Å². The van der Waals surface area contributed by atoms with Crippen molar-refractivity contribution in [3.05, 3.63) is 34.3 Å². The SMILES string of the molecule is NCC1(c2ccccc2Br)CCC1. The highest BCUT2D eigenvalue weighted by molar-refractivity contribution is 9.10. The van der Waals surface area contributed by atoms with Crippen LogP contribution in [0.5, 0.6) is 0 Å². The zero-order valence-corrected chi connectivity index (χ0v) is 9.18. The van der Waals surface area contributed by atoms with Gasteiger partial charge < -0.3 is 5.73 Å². The van der Waals surface area contributed by atoms with Crippen molar-refractivity contribution in [1.29, 1.82) is 0 Å². The lowest BCUT2D eigenvalue weighted by molar-refractivity contribution is 0.252. The molecule has 0 heterocycles. The monoisotopic (exact) mass is 239 g/mol. The van der Waals surface area contributed by atoms with Gasteiger partial charge in [-0.3, -0.25) is 0 Å². The van der Waals surface area contributed by atoms with E-state index in [4.69, 9.17) is 5.73 Å².